The number of ether oxygens (including phenoxy) is 1. The van der Waals surface area contributed by atoms with Gasteiger partial charge in [-0.15, -0.1) is 11.8 Å². The zero-order chi connectivity index (χ0) is 27.1. The number of amides is 1. The molecule has 1 aliphatic heterocycles. The molecule has 0 spiro atoms. The van der Waals surface area contributed by atoms with Gasteiger partial charge in [0.2, 0.25) is 5.91 Å². The Kier molecular flexibility index (Phi) is 9.81. The zero-order valence-corrected chi connectivity index (χ0v) is 22.9. The Balaban J connectivity index is 1.32. The number of nitrogens with zero attached hydrogens (tertiary/aromatic N) is 2. The maximum Gasteiger partial charge on any atom is 0.249 e. The van der Waals surface area contributed by atoms with E-state index >= 15 is 0 Å². The van der Waals surface area contributed by atoms with Gasteiger partial charge in [-0.05, 0) is 99.8 Å². The van der Waals surface area contributed by atoms with Gasteiger partial charge < -0.3 is 9.64 Å². The molecule has 6 nitrogen and oxygen atoms in total. The molecule has 10 heteroatoms. The standard InChI is InChI=1S/C28H32ClF2N3O3S/c1-37-19-8-9-24-21(17-19)20(22(29)18-32-24)5-3-10-28(27(35)33-36)11-14-34(15-12-28)13-4-16-38-25-7-2-6-23(30)26(25)31/h2,6-9,17-18,36H,3-5,10-16H2,1H3,(H,33,35). The number of aryl methyl sites for hydroxylation is 1. The highest BCUT2D eigenvalue weighted by Gasteiger charge is 2.40. The highest BCUT2D eigenvalue weighted by atomic mass is 35.5. The van der Waals surface area contributed by atoms with Gasteiger partial charge in [0.15, 0.2) is 11.6 Å². The summed E-state index contributed by atoms with van der Waals surface area (Å²) in [5.41, 5.74) is 3.05. The zero-order valence-electron chi connectivity index (χ0n) is 21.3. The number of thioether (sulfide) groups is 1. The molecule has 2 heterocycles. The topological polar surface area (TPSA) is 74.7 Å². The van der Waals surface area contributed by atoms with Crippen molar-refractivity contribution in [3.05, 3.63) is 64.8 Å². The smallest absolute Gasteiger partial charge is 0.249 e. The highest BCUT2D eigenvalue weighted by molar-refractivity contribution is 7.99. The summed E-state index contributed by atoms with van der Waals surface area (Å²) in [6, 6.07) is 9.91. The van der Waals surface area contributed by atoms with Gasteiger partial charge in [0, 0.05) is 16.5 Å². The van der Waals surface area contributed by atoms with Crippen LogP contribution in [-0.4, -0.2) is 53.5 Å². The average Bonchev–Trinajstić information content (AvgIpc) is 2.94. The fourth-order valence-electron chi connectivity index (χ4n) is 5.17. The van der Waals surface area contributed by atoms with Crippen LogP contribution < -0.4 is 10.2 Å². The first-order valence-electron chi connectivity index (χ1n) is 12.7. The summed E-state index contributed by atoms with van der Waals surface area (Å²) in [7, 11) is 1.62. The number of benzene rings is 2. The molecule has 0 radical (unpaired) electrons. The third-order valence-electron chi connectivity index (χ3n) is 7.41. The lowest BCUT2D eigenvalue weighted by Gasteiger charge is -2.40. The van der Waals surface area contributed by atoms with Crippen LogP contribution in [0.4, 0.5) is 8.78 Å². The van der Waals surface area contributed by atoms with Gasteiger partial charge >= 0.3 is 0 Å². The Morgan fingerprint density at radius 1 is 1.24 bits per heavy atom. The largest absolute Gasteiger partial charge is 0.497 e. The maximum absolute atomic E-state index is 13.8. The molecule has 1 aliphatic rings. The number of pyridine rings is 1. The van der Waals surface area contributed by atoms with E-state index in [1.54, 1.807) is 19.4 Å². The highest BCUT2D eigenvalue weighted by Crippen LogP contribution is 2.38. The summed E-state index contributed by atoms with van der Waals surface area (Å²) in [6.45, 7) is 2.26. The quantitative estimate of drug-likeness (QED) is 0.124. The normalized spacial score (nSPS) is 15.5. The van der Waals surface area contributed by atoms with Crippen molar-refractivity contribution in [3.63, 3.8) is 0 Å². The van der Waals surface area contributed by atoms with Crippen molar-refractivity contribution in [2.45, 2.75) is 43.4 Å². The lowest BCUT2D eigenvalue weighted by molar-refractivity contribution is -0.143. The minimum atomic E-state index is -0.830. The van der Waals surface area contributed by atoms with Crippen LogP contribution >= 0.6 is 23.4 Å². The fraction of sp³-hybridized carbons (Fsp3) is 0.429. The van der Waals surface area contributed by atoms with E-state index < -0.39 is 17.0 Å². The van der Waals surface area contributed by atoms with Gasteiger partial charge in [0.1, 0.15) is 5.75 Å². The summed E-state index contributed by atoms with van der Waals surface area (Å²) in [5.74, 6) is -0.573. The number of rotatable bonds is 11. The second-order valence-corrected chi connectivity index (χ2v) is 11.2. The van der Waals surface area contributed by atoms with E-state index in [4.69, 9.17) is 16.3 Å². The van der Waals surface area contributed by atoms with E-state index in [1.165, 1.54) is 17.8 Å². The second kappa shape index (κ2) is 13.1. The predicted octanol–water partition coefficient (Wildman–Crippen LogP) is 6.27. The average molecular weight is 564 g/mol. The van der Waals surface area contributed by atoms with Gasteiger partial charge in [-0.1, -0.05) is 17.7 Å². The molecule has 1 saturated heterocycles. The Hall–Kier alpha value is -2.46. The van der Waals surface area contributed by atoms with E-state index in [1.807, 2.05) is 23.7 Å². The number of piperidine rings is 1. The van der Waals surface area contributed by atoms with Crippen molar-refractivity contribution >= 4 is 40.2 Å². The van der Waals surface area contributed by atoms with Gasteiger partial charge in [-0.2, -0.15) is 0 Å². The molecule has 1 aromatic heterocycles. The van der Waals surface area contributed by atoms with Crippen molar-refractivity contribution < 1.29 is 23.5 Å². The third-order valence-corrected chi connectivity index (χ3v) is 8.85. The van der Waals surface area contributed by atoms with Crippen LogP contribution in [0.2, 0.25) is 5.02 Å². The molecule has 0 unspecified atom stereocenters. The molecule has 2 aromatic carbocycles. The summed E-state index contributed by atoms with van der Waals surface area (Å²) < 4.78 is 32.6. The Morgan fingerprint density at radius 3 is 2.76 bits per heavy atom. The Morgan fingerprint density at radius 2 is 2.03 bits per heavy atom. The first-order valence-corrected chi connectivity index (χ1v) is 14.1. The van der Waals surface area contributed by atoms with Gasteiger partial charge in [-0.3, -0.25) is 15.0 Å². The molecule has 4 rings (SSSR count). The molecule has 1 fully saturated rings. The molecule has 0 saturated carbocycles. The van der Waals surface area contributed by atoms with Crippen molar-refractivity contribution in [1.29, 1.82) is 0 Å². The number of carbonyl (C=O) groups excluding carboxylic acids is 1. The molecular weight excluding hydrogens is 532 g/mol. The van der Waals surface area contributed by atoms with Crippen LogP contribution in [0.3, 0.4) is 0 Å². The van der Waals surface area contributed by atoms with E-state index in [9.17, 15) is 18.8 Å². The lowest BCUT2D eigenvalue weighted by Crippen LogP contribution is -2.48. The van der Waals surface area contributed by atoms with Crippen LogP contribution in [0.5, 0.6) is 5.75 Å². The van der Waals surface area contributed by atoms with Gasteiger partial charge in [0.05, 0.1) is 23.1 Å². The van der Waals surface area contributed by atoms with Gasteiger partial charge in [0.25, 0.3) is 0 Å². The number of hydroxylamine groups is 1. The molecule has 1 amide bonds. The first-order chi connectivity index (χ1) is 18.4. The number of likely N-dealkylation sites (tertiary alicyclic amines) is 1. The second-order valence-electron chi connectivity index (χ2n) is 9.64. The van der Waals surface area contributed by atoms with Gasteiger partial charge in [-0.25, -0.2) is 14.3 Å². The summed E-state index contributed by atoms with van der Waals surface area (Å²) in [4.78, 5) is 19.8. The SMILES string of the molecule is COc1ccc2ncc(Cl)c(CCCC3(C(=O)NO)CCN(CCCSc4cccc(F)c4F)CC3)c2c1. The summed E-state index contributed by atoms with van der Waals surface area (Å²) in [5, 5.41) is 11.0. The van der Waals surface area contributed by atoms with Crippen molar-refractivity contribution in [3.8, 4) is 5.75 Å². The van der Waals surface area contributed by atoms with E-state index in [0.29, 0.717) is 41.4 Å². The van der Waals surface area contributed by atoms with Crippen LogP contribution in [-0.2, 0) is 11.2 Å². The first kappa shape index (κ1) is 28.5. The molecule has 3 aromatic rings. The number of hydrogen-bond donors (Lipinski definition) is 2. The minimum absolute atomic E-state index is 0.322. The summed E-state index contributed by atoms with van der Waals surface area (Å²) >= 11 is 7.82. The van der Waals surface area contributed by atoms with Crippen molar-refractivity contribution in [2.75, 3.05) is 32.5 Å². The Bertz CT molecular complexity index is 1270. The van der Waals surface area contributed by atoms with Crippen LogP contribution in [0.15, 0.2) is 47.5 Å². The molecule has 0 atom stereocenters. The van der Waals surface area contributed by atoms with Crippen LogP contribution in [0.1, 0.15) is 37.7 Å². The third kappa shape index (κ3) is 6.57. The van der Waals surface area contributed by atoms with Crippen molar-refractivity contribution in [2.24, 2.45) is 5.41 Å². The molecule has 204 valence electrons. The number of fused-ring (bicyclic) bond motifs is 1. The van der Waals surface area contributed by atoms with Crippen LogP contribution in [0.25, 0.3) is 10.9 Å². The number of nitrogens with one attached hydrogen (secondary N) is 1. The van der Waals surface area contributed by atoms with E-state index in [-0.39, 0.29) is 5.91 Å². The maximum atomic E-state index is 13.8. The minimum Gasteiger partial charge on any atom is -0.497 e. The number of aromatic nitrogens is 1. The predicted molar refractivity (Wildman–Crippen MR) is 146 cm³/mol. The molecule has 2 N–H and O–H groups in total. The lowest BCUT2D eigenvalue weighted by atomic mass is 9.73. The Labute approximate surface area is 230 Å². The number of methoxy groups -OCH3 is 1. The summed E-state index contributed by atoms with van der Waals surface area (Å²) in [6.07, 6.45) is 5.74. The van der Waals surface area contributed by atoms with Crippen LogP contribution in [0, 0.1) is 17.0 Å². The monoisotopic (exact) mass is 563 g/mol. The number of hydrogen-bond acceptors (Lipinski definition) is 6. The molecule has 38 heavy (non-hydrogen) atoms. The fourth-order valence-corrected chi connectivity index (χ4v) is 6.30. The molecular formula is C28H32ClF2N3O3S. The number of halogens is 3. The molecule has 0 aliphatic carbocycles. The van der Waals surface area contributed by atoms with E-state index in [2.05, 4.69) is 9.88 Å². The van der Waals surface area contributed by atoms with Crippen molar-refractivity contribution in [1.82, 2.24) is 15.4 Å². The number of carbonyl (C=O) groups is 1. The molecule has 0 bridgehead atoms. The van der Waals surface area contributed by atoms with E-state index in [0.717, 1.165) is 60.8 Å².